The zero-order valence-electron chi connectivity index (χ0n) is 11.5. The Bertz CT molecular complexity index is 768. The molecule has 2 aromatic rings. The lowest BCUT2D eigenvalue weighted by molar-refractivity contribution is -0.133. The number of carbonyl (C=O) groups is 1. The summed E-state index contributed by atoms with van der Waals surface area (Å²) in [6.45, 7) is 0. The Balaban J connectivity index is 2.49. The molecule has 22 heavy (non-hydrogen) atoms. The van der Waals surface area contributed by atoms with Gasteiger partial charge >= 0.3 is 5.97 Å². The number of sulfone groups is 1. The van der Waals surface area contributed by atoms with E-state index in [4.69, 9.17) is 11.9 Å². The van der Waals surface area contributed by atoms with Crippen LogP contribution in [0.2, 0.25) is 0 Å². The maximum atomic E-state index is 12.7. The highest BCUT2D eigenvalue weighted by molar-refractivity contribution is 7.95. The van der Waals surface area contributed by atoms with Crippen LogP contribution in [0.25, 0.3) is 6.08 Å². The summed E-state index contributed by atoms with van der Waals surface area (Å²) < 4.78 is 29.4. The van der Waals surface area contributed by atoms with Crippen LogP contribution in [-0.2, 0) is 18.9 Å². The van der Waals surface area contributed by atoms with Crippen LogP contribution >= 0.6 is 11.9 Å². The van der Waals surface area contributed by atoms with Gasteiger partial charge in [0.05, 0.1) is 16.2 Å². The minimum Gasteiger partial charge on any atom is -0.347 e. The van der Waals surface area contributed by atoms with Crippen LogP contribution in [0.4, 0.5) is 0 Å². The maximum Gasteiger partial charge on any atom is 0.329 e. The number of carbonyl (C=O) groups excluding carboxylic acids is 1. The second-order valence-electron chi connectivity index (χ2n) is 4.46. The van der Waals surface area contributed by atoms with Crippen molar-refractivity contribution in [2.24, 2.45) is 0 Å². The molecule has 0 saturated heterocycles. The first-order chi connectivity index (χ1) is 10.5. The van der Waals surface area contributed by atoms with Gasteiger partial charge in [-0.3, -0.25) is 4.79 Å². The molecule has 4 nitrogen and oxygen atoms in total. The van der Waals surface area contributed by atoms with E-state index in [9.17, 15) is 13.2 Å². The van der Waals surface area contributed by atoms with Gasteiger partial charge in [-0.25, -0.2) is 8.42 Å². The zero-order chi connectivity index (χ0) is 16.0. The van der Waals surface area contributed by atoms with Crippen LogP contribution in [-0.4, -0.2) is 14.4 Å². The maximum absolute atomic E-state index is 12.7. The number of halogens is 1. The molecule has 0 unspecified atom stereocenters. The normalized spacial score (nSPS) is 12.0. The number of rotatable bonds is 5. The van der Waals surface area contributed by atoms with Crippen LogP contribution in [0.1, 0.15) is 12.0 Å². The highest BCUT2D eigenvalue weighted by Crippen LogP contribution is 2.24. The van der Waals surface area contributed by atoms with Gasteiger partial charge in [0, 0.05) is 0 Å². The molecule has 0 bridgehead atoms. The molecule has 0 fully saturated rings. The van der Waals surface area contributed by atoms with E-state index in [2.05, 4.69) is 4.29 Å². The molecule has 0 radical (unpaired) electrons. The summed E-state index contributed by atoms with van der Waals surface area (Å²) in [4.78, 5) is 11.5. The number of hydrogen-bond acceptors (Lipinski definition) is 4. The highest BCUT2D eigenvalue weighted by atomic mass is 35.5. The Labute approximate surface area is 134 Å². The van der Waals surface area contributed by atoms with E-state index in [1.54, 1.807) is 42.5 Å². The van der Waals surface area contributed by atoms with E-state index in [0.29, 0.717) is 5.56 Å². The minimum absolute atomic E-state index is 0.0736. The predicted octanol–water partition coefficient (Wildman–Crippen LogP) is 3.59. The van der Waals surface area contributed by atoms with Crippen molar-refractivity contribution < 1.29 is 17.5 Å². The van der Waals surface area contributed by atoms with Gasteiger partial charge in [-0.15, -0.1) is 0 Å². The first kappa shape index (κ1) is 16.3. The Morgan fingerprint density at radius 3 is 2.09 bits per heavy atom. The molecule has 0 aliphatic rings. The van der Waals surface area contributed by atoms with Gasteiger partial charge in [0.2, 0.25) is 9.84 Å². The van der Waals surface area contributed by atoms with Crippen molar-refractivity contribution in [3.63, 3.8) is 0 Å². The number of hydrogen-bond donors (Lipinski definition) is 0. The average Bonchev–Trinajstić information content (AvgIpc) is 2.56. The third-order valence-corrected chi connectivity index (χ3v) is 4.95. The molecule has 2 aromatic carbocycles. The SMILES string of the molecule is O=C(C/C(=C/c1ccccc1)S(=O)(=O)c1ccccc1)OCl. The van der Waals surface area contributed by atoms with Crippen LogP contribution in [0.15, 0.2) is 70.5 Å². The molecule has 0 aliphatic carbocycles. The summed E-state index contributed by atoms with van der Waals surface area (Å²) in [7, 11) is -3.80. The van der Waals surface area contributed by atoms with Gasteiger partial charge in [0.1, 0.15) is 11.9 Å². The summed E-state index contributed by atoms with van der Waals surface area (Å²) in [5, 5.41) is 0. The summed E-state index contributed by atoms with van der Waals surface area (Å²) in [5.41, 5.74) is 0.666. The quantitative estimate of drug-likeness (QED) is 0.837. The van der Waals surface area contributed by atoms with Gasteiger partial charge in [-0.2, -0.15) is 0 Å². The first-order valence-electron chi connectivity index (χ1n) is 6.41. The molecule has 0 aliphatic heterocycles. The van der Waals surface area contributed by atoms with Gasteiger partial charge < -0.3 is 4.29 Å². The molecule has 0 amide bonds. The fourth-order valence-electron chi connectivity index (χ4n) is 1.88. The van der Waals surface area contributed by atoms with Crippen molar-refractivity contribution in [2.45, 2.75) is 11.3 Å². The highest BCUT2D eigenvalue weighted by Gasteiger charge is 2.23. The van der Waals surface area contributed by atoms with Crippen molar-refractivity contribution in [3.8, 4) is 0 Å². The molecule has 0 saturated carbocycles. The molecular formula is C16H13ClO4S. The second-order valence-corrected chi connectivity index (χ2v) is 6.62. The molecule has 6 heteroatoms. The van der Waals surface area contributed by atoms with E-state index < -0.39 is 22.2 Å². The van der Waals surface area contributed by atoms with Crippen molar-refractivity contribution in [3.05, 3.63) is 71.1 Å². The van der Waals surface area contributed by atoms with Crippen molar-refractivity contribution >= 4 is 33.7 Å². The third kappa shape index (κ3) is 3.96. The lowest BCUT2D eigenvalue weighted by Gasteiger charge is -2.08. The Morgan fingerprint density at radius 1 is 1.00 bits per heavy atom. The van der Waals surface area contributed by atoms with Gasteiger partial charge in [0.15, 0.2) is 0 Å². The van der Waals surface area contributed by atoms with E-state index in [0.717, 1.165) is 0 Å². The van der Waals surface area contributed by atoms with E-state index in [1.807, 2.05) is 6.07 Å². The molecule has 0 aromatic heterocycles. The third-order valence-electron chi connectivity index (χ3n) is 2.93. The standard InChI is InChI=1S/C16H13ClO4S/c17-21-16(18)12-15(11-13-7-3-1-4-8-13)22(19,20)14-9-5-2-6-10-14/h1-11H,12H2/b15-11-. The summed E-state index contributed by atoms with van der Waals surface area (Å²) in [5.74, 6) is -0.830. The Hall–Kier alpha value is -2.11. The first-order valence-corrected chi connectivity index (χ1v) is 8.20. The average molecular weight is 337 g/mol. The molecular weight excluding hydrogens is 324 g/mol. The lowest BCUT2D eigenvalue weighted by atomic mass is 10.2. The van der Waals surface area contributed by atoms with Crippen molar-refractivity contribution in [1.29, 1.82) is 0 Å². The molecule has 0 spiro atoms. The van der Waals surface area contributed by atoms with Crippen LogP contribution < -0.4 is 0 Å². The predicted molar refractivity (Wildman–Crippen MR) is 84.6 cm³/mol. The van der Waals surface area contributed by atoms with Crippen molar-refractivity contribution in [2.75, 3.05) is 0 Å². The molecule has 114 valence electrons. The summed E-state index contributed by atoms with van der Waals surface area (Å²) in [6, 6.07) is 16.7. The van der Waals surface area contributed by atoms with Crippen LogP contribution in [0, 0.1) is 0 Å². The van der Waals surface area contributed by atoms with E-state index >= 15 is 0 Å². The fourth-order valence-corrected chi connectivity index (χ4v) is 3.35. The minimum atomic E-state index is -3.80. The van der Waals surface area contributed by atoms with Crippen LogP contribution in [0.5, 0.6) is 0 Å². The molecule has 0 N–H and O–H groups in total. The Kier molecular flexibility index (Phi) is 5.35. The fraction of sp³-hybridized carbons (Fsp3) is 0.0625. The monoisotopic (exact) mass is 336 g/mol. The molecule has 2 rings (SSSR count). The largest absolute Gasteiger partial charge is 0.347 e. The van der Waals surface area contributed by atoms with Gasteiger partial charge in [-0.05, 0) is 23.8 Å². The summed E-state index contributed by atoms with van der Waals surface area (Å²) >= 11 is 5.02. The molecule has 0 heterocycles. The van der Waals surface area contributed by atoms with E-state index in [1.165, 1.54) is 18.2 Å². The zero-order valence-corrected chi connectivity index (χ0v) is 13.0. The lowest BCUT2D eigenvalue weighted by Crippen LogP contribution is -2.10. The number of benzene rings is 2. The van der Waals surface area contributed by atoms with E-state index in [-0.39, 0.29) is 9.80 Å². The van der Waals surface area contributed by atoms with Gasteiger partial charge in [0.25, 0.3) is 0 Å². The second kappa shape index (κ2) is 7.24. The Morgan fingerprint density at radius 2 is 1.55 bits per heavy atom. The molecule has 0 atom stereocenters. The topological polar surface area (TPSA) is 60.4 Å². The summed E-state index contributed by atoms with van der Waals surface area (Å²) in [6.07, 6.45) is 1.01. The smallest absolute Gasteiger partial charge is 0.329 e. The van der Waals surface area contributed by atoms with Crippen molar-refractivity contribution in [1.82, 2.24) is 0 Å². The van der Waals surface area contributed by atoms with Gasteiger partial charge in [-0.1, -0.05) is 48.5 Å². The van der Waals surface area contributed by atoms with Crippen LogP contribution in [0.3, 0.4) is 0 Å².